The number of rotatable bonds is 4. The normalized spacial score (nSPS) is 12.8. The van der Waals surface area contributed by atoms with Crippen molar-refractivity contribution in [1.82, 2.24) is 0 Å². The van der Waals surface area contributed by atoms with Gasteiger partial charge in [0.05, 0.1) is 4.88 Å². The number of thiophene rings is 1. The Kier molecular flexibility index (Phi) is 4.09. The van der Waals surface area contributed by atoms with Gasteiger partial charge in [-0.15, -0.1) is 11.3 Å². The maximum Gasteiger partial charge on any atom is 0.173 e. The van der Waals surface area contributed by atoms with Gasteiger partial charge in [-0.25, -0.2) is 0 Å². The van der Waals surface area contributed by atoms with Crippen molar-refractivity contribution in [3.05, 3.63) is 20.8 Å². The van der Waals surface area contributed by atoms with Gasteiger partial charge in [0.1, 0.15) is 0 Å². The Morgan fingerprint density at radius 3 is 2.92 bits per heavy atom. The van der Waals surface area contributed by atoms with Gasteiger partial charge in [-0.05, 0) is 40.7 Å². The van der Waals surface area contributed by atoms with Crippen LogP contribution in [0.15, 0.2) is 15.9 Å². The van der Waals surface area contributed by atoms with Crippen molar-refractivity contribution >= 4 is 33.0 Å². The molecule has 0 aliphatic carbocycles. The van der Waals surface area contributed by atoms with E-state index in [1.54, 1.807) is 0 Å². The standard InChI is InChI=1S/C9H12BrNOS/c1-6(11)2-3-8(12)9-7(10)4-5-13-9/h4-6H,2-3,11H2,1H3. The predicted molar refractivity (Wildman–Crippen MR) is 59.2 cm³/mol. The van der Waals surface area contributed by atoms with Gasteiger partial charge in [-0.3, -0.25) is 4.79 Å². The fraction of sp³-hybridized carbons (Fsp3) is 0.444. The van der Waals surface area contributed by atoms with E-state index in [2.05, 4.69) is 15.9 Å². The van der Waals surface area contributed by atoms with E-state index in [1.165, 1.54) is 11.3 Å². The number of Topliss-reactive ketones (excluding diaryl/α,β-unsaturated/α-hetero) is 1. The summed E-state index contributed by atoms with van der Waals surface area (Å²) < 4.78 is 0.896. The van der Waals surface area contributed by atoms with Gasteiger partial charge in [0.15, 0.2) is 5.78 Å². The lowest BCUT2D eigenvalue weighted by molar-refractivity contribution is 0.0981. The zero-order valence-electron chi connectivity index (χ0n) is 7.42. The van der Waals surface area contributed by atoms with Gasteiger partial charge in [0.2, 0.25) is 0 Å². The molecule has 0 aromatic carbocycles. The van der Waals surface area contributed by atoms with Gasteiger partial charge in [-0.1, -0.05) is 0 Å². The number of ketones is 1. The number of hydrogen-bond acceptors (Lipinski definition) is 3. The van der Waals surface area contributed by atoms with Crippen LogP contribution in [0.5, 0.6) is 0 Å². The van der Waals surface area contributed by atoms with Crippen molar-refractivity contribution < 1.29 is 4.79 Å². The Hall–Kier alpha value is -0.190. The van der Waals surface area contributed by atoms with Crippen molar-refractivity contribution in [3.8, 4) is 0 Å². The van der Waals surface area contributed by atoms with E-state index in [0.29, 0.717) is 6.42 Å². The molecular formula is C9H12BrNOS. The van der Waals surface area contributed by atoms with E-state index in [1.807, 2.05) is 18.4 Å². The highest BCUT2D eigenvalue weighted by Crippen LogP contribution is 2.24. The first-order chi connectivity index (χ1) is 6.11. The van der Waals surface area contributed by atoms with Crippen LogP contribution >= 0.6 is 27.3 Å². The molecule has 0 saturated carbocycles. The smallest absolute Gasteiger partial charge is 0.173 e. The van der Waals surface area contributed by atoms with E-state index >= 15 is 0 Å². The van der Waals surface area contributed by atoms with Crippen LogP contribution in [-0.2, 0) is 0 Å². The average Bonchev–Trinajstić information content (AvgIpc) is 2.47. The van der Waals surface area contributed by atoms with Gasteiger partial charge in [0, 0.05) is 16.9 Å². The first kappa shape index (κ1) is 10.9. The first-order valence-corrected chi connectivity index (χ1v) is 5.80. The zero-order valence-corrected chi connectivity index (χ0v) is 9.82. The summed E-state index contributed by atoms with van der Waals surface area (Å²) in [6.07, 6.45) is 1.29. The van der Waals surface area contributed by atoms with Gasteiger partial charge >= 0.3 is 0 Å². The molecule has 0 amide bonds. The van der Waals surface area contributed by atoms with Crippen LogP contribution in [0.2, 0.25) is 0 Å². The molecule has 1 atom stereocenters. The molecule has 0 spiro atoms. The average molecular weight is 262 g/mol. The minimum Gasteiger partial charge on any atom is -0.328 e. The Morgan fingerprint density at radius 1 is 1.77 bits per heavy atom. The molecule has 0 bridgehead atoms. The number of carbonyl (C=O) groups is 1. The Balaban J connectivity index is 2.54. The van der Waals surface area contributed by atoms with E-state index in [9.17, 15) is 4.79 Å². The molecule has 0 saturated heterocycles. The molecule has 2 N–H and O–H groups in total. The summed E-state index contributed by atoms with van der Waals surface area (Å²) in [5, 5.41) is 1.91. The number of nitrogens with two attached hydrogens (primary N) is 1. The van der Waals surface area contributed by atoms with Crippen molar-refractivity contribution in [1.29, 1.82) is 0 Å². The third kappa shape index (κ3) is 3.21. The monoisotopic (exact) mass is 261 g/mol. The lowest BCUT2D eigenvalue weighted by atomic mass is 10.1. The van der Waals surface area contributed by atoms with Crippen molar-refractivity contribution in [2.45, 2.75) is 25.8 Å². The van der Waals surface area contributed by atoms with Gasteiger partial charge in [-0.2, -0.15) is 0 Å². The Morgan fingerprint density at radius 2 is 2.46 bits per heavy atom. The minimum absolute atomic E-state index is 0.0997. The SMILES string of the molecule is CC(N)CCC(=O)c1sccc1Br. The summed E-state index contributed by atoms with van der Waals surface area (Å²) in [5.41, 5.74) is 5.57. The predicted octanol–water partition coefficient (Wildman–Crippen LogP) is 2.82. The summed E-state index contributed by atoms with van der Waals surface area (Å²) in [7, 11) is 0. The quantitative estimate of drug-likeness (QED) is 0.848. The highest BCUT2D eigenvalue weighted by Gasteiger charge is 2.11. The Labute approximate surface area is 90.3 Å². The third-order valence-electron chi connectivity index (χ3n) is 1.70. The van der Waals surface area contributed by atoms with Crippen molar-refractivity contribution in [3.63, 3.8) is 0 Å². The minimum atomic E-state index is 0.0997. The summed E-state index contributed by atoms with van der Waals surface area (Å²) in [5.74, 6) is 0.180. The Bertz CT molecular complexity index is 296. The summed E-state index contributed by atoms with van der Waals surface area (Å²) >= 11 is 4.80. The number of halogens is 1. The van der Waals surface area contributed by atoms with Crippen LogP contribution in [0, 0.1) is 0 Å². The van der Waals surface area contributed by atoms with Gasteiger partial charge < -0.3 is 5.73 Å². The molecule has 0 fully saturated rings. The molecule has 1 aromatic heterocycles. The number of hydrogen-bond donors (Lipinski definition) is 1. The maximum absolute atomic E-state index is 11.6. The van der Waals surface area contributed by atoms with Crippen molar-refractivity contribution in [2.24, 2.45) is 5.73 Å². The van der Waals surface area contributed by atoms with E-state index < -0.39 is 0 Å². The van der Waals surface area contributed by atoms with E-state index in [-0.39, 0.29) is 11.8 Å². The molecular weight excluding hydrogens is 250 g/mol. The maximum atomic E-state index is 11.6. The van der Waals surface area contributed by atoms with E-state index in [0.717, 1.165) is 15.8 Å². The van der Waals surface area contributed by atoms with Crippen LogP contribution in [-0.4, -0.2) is 11.8 Å². The largest absolute Gasteiger partial charge is 0.328 e. The van der Waals surface area contributed by atoms with Crippen molar-refractivity contribution in [2.75, 3.05) is 0 Å². The van der Waals surface area contributed by atoms with E-state index in [4.69, 9.17) is 5.73 Å². The second kappa shape index (κ2) is 4.88. The van der Waals surface area contributed by atoms with Crippen LogP contribution in [0.3, 0.4) is 0 Å². The highest BCUT2D eigenvalue weighted by molar-refractivity contribution is 9.10. The fourth-order valence-corrected chi connectivity index (χ4v) is 2.53. The number of carbonyl (C=O) groups excluding carboxylic acids is 1. The molecule has 4 heteroatoms. The zero-order chi connectivity index (χ0) is 9.84. The lowest BCUT2D eigenvalue weighted by Gasteiger charge is -2.02. The highest BCUT2D eigenvalue weighted by atomic mass is 79.9. The summed E-state index contributed by atoms with van der Waals surface area (Å²) in [6.45, 7) is 1.91. The summed E-state index contributed by atoms with van der Waals surface area (Å²) in [6, 6.07) is 1.99. The molecule has 0 aliphatic rings. The van der Waals surface area contributed by atoms with Crippen LogP contribution in [0.4, 0.5) is 0 Å². The second-order valence-corrected chi connectivity index (χ2v) is 4.81. The van der Waals surface area contributed by atoms with Gasteiger partial charge in [0.25, 0.3) is 0 Å². The third-order valence-corrected chi connectivity index (χ3v) is 3.58. The molecule has 2 nitrogen and oxygen atoms in total. The molecule has 1 unspecified atom stereocenters. The topological polar surface area (TPSA) is 43.1 Å². The second-order valence-electron chi connectivity index (χ2n) is 3.04. The molecule has 0 aliphatic heterocycles. The molecule has 0 radical (unpaired) electrons. The molecule has 72 valence electrons. The summed E-state index contributed by atoms with van der Waals surface area (Å²) in [4.78, 5) is 12.4. The molecule has 1 heterocycles. The fourth-order valence-electron chi connectivity index (χ4n) is 0.965. The van der Waals surface area contributed by atoms with Crippen LogP contribution in [0.1, 0.15) is 29.4 Å². The molecule has 13 heavy (non-hydrogen) atoms. The lowest BCUT2D eigenvalue weighted by Crippen LogP contribution is -2.16. The van der Waals surface area contributed by atoms with Crippen LogP contribution < -0.4 is 5.73 Å². The first-order valence-electron chi connectivity index (χ1n) is 4.13. The van der Waals surface area contributed by atoms with Crippen LogP contribution in [0.25, 0.3) is 0 Å². The molecule has 1 rings (SSSR count). The molecule has 1 aromatic rings.